The fourth-order valence-electron chi connectivity index (χ4n) is 5.71. The molecule has 4 heterocycles. The summed E-state index contributed by atoms with van der Waals surface area (Å²) in [6.45, 7) is 0.00283. The molecule has 61 heavy (non-hydrogen) atoms. The van der Waals surface area contributed by atoms with Crippen LogP contribution in [-0.2, 0) is 39.0 Å². The molecule has 0 unspecified atom stereocenters. The number of H-pyrrole nitrogens is 2. The van der Waals surface area contributed by atoms with Gasteiger partial charge in [0.1, 0.15) is 18.0 Å². The molecule has 3 aromatic carbocycles. The van der Waals surface area contributed by atoms with Gasteiger partial charge in [-0.2, -0.15) is 35.7 Å². The van der Waals surface area contributed by atoms with Crippen molar-refractivity contribution in [3.8, 4) is 22.5 Å². The van der Waals surface area contributed by atoms with Crippen molar-refractivity contribution in [1.29, 1.82) is 0 Å². The smallest absolute Gasteiger partial charge is 0.411 e. The van der Waals surface area contributed by atoms with Gasteiger partial charge in [-0.3, -0.25) is 9.59 Å². The summed E-state index contributed by atoms with van der Waals surface area (Å²) in [6.07, 6.45) is -6.09. The Morgan fingerprint density at radius 2 is 1.11 bits per heavy atom. The second-order valence-corrected chi connectivity index (χ2v) is 16.2. The molecule has 4 aromatic heterocycles. The minimum atomic E-state index is -4.88. The maximum absolute atomic E-state index is 13.9. The number of rotatable bonds is 9. The number of halogens is 6. The van der Waals surface area contributed by atoms with E-state index in [1.54, 1.807) is 40.0 Å². The number of fused-ring (bicyclic) bond motifs is 2. The summed E-state index contributed by atoms with van der Waals surface area (Å²) in [5, 5.41) is 16.1. The zero-order chi connectivity index (χ0) is 44.8. The first-order valence-electron chi connectivity index (χ1n) is 16.5. The lowest BCUT2D eigenvalue weighted by atomic mass is 10.0. The molecule has 0 atom stereocenters. The molecule has 0 amide bonds. The predicted octanol–water partition coefficient (Wildman–Crippen LogP) is 2.02. The van der Waals surface area contributed by atoms with Crippen LogP contribution in [0.15, 0.2) is 98.3 Å². The van der Waals surface area contributed by atoms with E-state index in [4.69, 9.17) is 4.84 Å². The van der Waals surface area contributed by atoms with Crippen LogP contribution in [0, 0.1) is 0 Å². The third-order valence-electron chi connectivity index (χ3n) is 8.18. The Morgan fingerprint density at radius 1 is 0.672 bits per heavy atom. The molecular formula is C33H26F6N10O10S2. The van der Waals surface area contributed by atoms with Gasteiger partial charge in [0.15, 0.2) is 0 Å². The van der Waals surface area contributed by atoms with E-state index in [0.29, 0.717) is 24.6 Å². The van der Waals surface area contributed by atoms with E-state index in [1.807, 2.05) is 4.98 Å². The van der Waals surface area contributed by atoms with E-state index < -0.39 is 93.6 Å². The van der Waals surface area contributed by atoms with Gasteiger partial charge in [0.25, 0.3) is 11.1 Å². The van der Waals surface area contributed by atoms with Crippen LogP contribution in [0.3, 0.4) is 0 Å². The molecule has 0 aliphatic heterocycles. The maximum Gasteiger partial charge on any atom is 0.417 e. The Kier molecular flexibility index (Phi) is 11.1. The molecule has 0 radical (unpaired) electrons. The van der Waals surface area contributed by atoms with Gasteiger partial charge in [-0.15, -0.1) is 15.0 Å². The molecule has 28 heteroatoms. The summed E-state index contributed by atoms with van der Waals surface area (Å²) < 4.78 is 128. The fraction of sp³-hybridized carbons (Fsp3) is 0.152. The van der Waals surface area contributed by atoms with Crippen LogP contribution < -0.4 is 37.0 Å². The lowest BCUT2D eigenvalue weighted by Crippen LogP contribution is -2.43. The normalized spacial score (nSPS) is 12.3. The van der Waals surface area contributed by atoms with E-state index in [0.717, 1.165) is 34.8 Å². The third kappa shape index (κ3) is 9.43. The Bertz CT molecular complexity index is 3300. The van der Waals surface area contributed by atoms with Crippen molar-refractivity contribution in [2.45, 2.75) is 19.0 Å². The van der Waals surface area contributed by atoms with E-state index in [9.17, 15) is 67.6 Å². The van der Waals surface area contributed by atoms with Crippen LogP contribution in [0.1, 0.15) is 16.7 Å². The number of nitrogens with zero attached hydrogens (tertiary/aromatic N) is 6. The molecule has 0 saturated heterocycles. The van der Waals surface area contributed by atoms with Gasteiger partial charge in [0, 0.05) is 11.1 Å². The fourth-order valence-corrected chi connectivity index (χ4v) is 6.70. The second-order valence-electron chi connectivity index (χ2n) is 12.7. The molecule has 0 aliphatic carbocycles. The minimum Gasteiger partial charge on any atom is -0.411 e. The number of benzene rings is 3. The predicted molar refractivity (Wildman–Crippen MR) is 202 cm³/mol. The first-order chi connectivity index (χ1) is 28.3. The standard InChI is InChI=1S/C20H16F3N5O5S.C13H10F3N5O5S/c1-34(31,32)26-27-18(29)14-9-13(15(20(21,22)23)10-16(14)25-19(27)30)17-7-8-24-28(17)33-11-12-5-3-2-4-6-12;1-27(25,26)19-20-11(22)7-4-6(10-2-3-17-21(10)24)8(13(14,15)16)5-9(7)18-12(20)23/h2-10,26H,11H2,1H3,(H,25,30);2-5,19,24H,1H3,(H,18,23). The number of sulfonamides is 2. The number of alkyl halides is 6. The molecule has 20 nitrogen and oxygen atoms in total. The summed E-state index contributed by atoms with van der Waals surface area (Å²) in [6, 6.07) is 14.0. The Balaban J connectivity index is 0.000000210. The lowest BCUT2D eigenvalue weighted by Gasteiger charge is -2.16. The van der Waals surface area contributed by atoms with Gasteiger partial charge in [-0.1, -0.05) is 35.2 Å². The molecule has 0 aliphatic rings. The van der Waals surface area contributed by atoms with Crippen molar-refractivity contribution in [1.82, 2.24) is 39.2 Å². The topological polar surface area (TPSA) is 267 Å². The van der Waals surface area contributed by atoms with Crippen molar-refractivity contribution >= 4 is 41.9 Å². The molecule has 0 bridgehead atoms. The highest BCUT2D eigenvalue weighted by Gasteiger charge is 2.37. The number of aromatic amines is 2. The van der Waals surface area contributed by atoms with Crippen molar-refractivity contribution in [2.75, 3.05) is 22.2 Å². The Labute approximate surface area is 334 Å². The van der Waals surface area contributed by atoms with Crippen molar-refractivity contribution in [3.05, 3.63) is 137 Å². The second kappa shape index (κ2) is 15.7. The summed E-state index contributed by atoms with van der Waals surface area (Å²) in [4.78, 5) is 63.4. The molecule has 7 rings (SSSR count). The minimum absolute atomic E-state index is 0.00283. The molecule has 322 valence electrons. The Hall–Kier alpha value is -7.36. The number of aromatic nitrogens is 8. The monoisotopic (exact) mass is 900 g/mol. The zero-order valence-corrected chi connectivity index (χ0v) is 32.2. The highest BCUT2D eigenvalue weighted by atomic mass is 32.2. The van der Waals surface area contributed by atoms with Crippen LogP contribution in [0.5, 0.6) is 0 Å². The quantitative estimate of drug-likeness (QED) is 0.103. The van der Waals surface area contributed by atoms with Crippen molar-refractivity contribution in [3.63, 3.8) is 0 Å². The first kappa shape index (κ1) is 43.2. The van der Waals surface area contributed by atoms with E-state index in [2.05, 4.69) is 15.2 Å². The van der Waals surface area contributed by atoms with Crippen LogP contribution in [-0.4, -0.2) is 73.8 Å². The maximum atomic E-state index is 13.9. The number of nitrogens with one attached hydrogen (secondary N) is 4. The van der Waals surface area contributed by atoms with Crippen LogP contribution in [0.4, 0.5) is 26.3 Å². The third-order valence-corrected chi connectivity index (χ3v) is 9.21. The summed E-state index contributed by atoms with van der Waals surface area (Å²) in [5.41, 5.74) is -8.94. The zero-order valence-electron chi connectivity index (χ0n) is 30.6. The highest BCUT2D eigenvalue weighted by Crippen LogP contribution is 2.39. The van der Waals surface area contributed by atoms with Gasteiger partial charge < -0.3 is 20.0 Å². The van der Waals surface area contributed by atoms with Gasteiger partial charge in [-0.25, -0.2) is 36.1 Å². The number of hydrogen-bond acceptors (Lipinski definition) is 12. The summed E-state index contributed by atoms with van der Waals surface area (Å²) >= 11 is 0. The van der Waals surface area contributed by atoms with Crippen LogP contribution in [0.2, 0.25) is 0 Å². The molecular weight excluding hydrogens is 875 g/mol. The Morgan fingerprint density at radius 3 is 1.54 bits per heavy atom. The summed E-state index contributed by atoms with van der Waals surface area (Å²) in [7, 11) is -8.06. The first-order valence-corrected chi connectivity index (χ1v) is 20.3. The average molecular weight is 901 g/mol. The highest BCUT2D eigenvalue weighted by molar-refractivity contribution is 7.91. The molecule has 0 fully saturated rings. The van der Waals surface area contributed by atoms with Crippen molar-refractivity contribution < 1.29 is 53.2 Å². The van der Waals surface area contributed by atoms with Crippen LogP contribution >= 0.6 is 0 Å². The molecule has 5 N–H and O–H groups in total. The van der Waals surface area contributed by atoms with Gasteiger partial charge >= 0.3 is 23.7 Å². The average Bonchev–Trinajstić information content (AvgIpc) is 3.81. The van der Waals surface area contributed by atoms with Crippen LogP contribution in [0.25, 0.3) is 44.3 Å². The number of hydrogen-bond donors (Lipinski definition) is 5. The van der Waals surface area contributed by atoms with E-state index in [-0.39, 0.29) is 37.6 Å². The molecule has 0 saturated carbocycles. The largest absolute Gasteiger partial charge is 0.417 e. The molecule has 7 aromatic rings. The van der Waals surface area contributed by atoms with Gasteiger partial charge in [0.2, 0.25) is 20.0 Å². The lowest BCUT2D eigenvalue weighted by molar-refractivity contribution is -0.137. The molecule has 0 spiro atoms. The van der Waals surface area contributed by atoms with E-state index >= 15 is 0 Å². The van der Waals surface area contributed by atoms with Crippen molar-refractivity contribution in [2.24, 2.45) is 0 Å². The van der Waals surface area contributed by atoms with Gasteiger partial charge in [0.05, 0.1) is 57.8 Å². The van der Waals surface area contributed by atoms with Gasteiger partial charge in [-0.05, 0) is 42.0 Å². The van der Waals surface area contributed by atoms with E-state index in [1.165, 1.54) is 12.3 Å². The summed E-state index contributed by atoms with van der Waals surface area (Å²) in [5.74, 6) is 0. The SMILES string of the molecule is CS(=O)(=O)Nn1c(=O)[nH]c2cc(C(F)(F)F)c(-c3ccnn3O)cc2c1=O.CS(=O)(=O)Nn1c(=O)[nH]c2cc(C(F)(F)F)c(-c3ccnn3OCc3ccccc3)cc2c1=O.